The lowest BCUT2D eigenvalue weighted by Gasteiger charge is -2.21. The van der Waals surface area contributed by atoms with Gasteiger partial charge in [-0.15, -0.1) is 0 Å². The van der Waals surface area contributed by atoms with E-state index in [1.54, 1.807) is 48.5 Å². The molecule has 2 aromatic rings. The van der Waals surface area contributed by atoms with Gasteiger partial charge in [0.25, 0.3) is 0 Å². The Bertz CT molecular complexity index is 852. The van der Waals surface area contributed by atoms with E-state index < -0.39 is 32.1 Å². The first kappa shape index (κ1) is 19.3. The van der Waals surface area contributed by atoms with Gasteiger partial charge < -0.3 is 9.47 Å². The highest BCUT2D eigenvalue weighted by atomic mass is 31.2. The van der Waals surface area contributed by atoms with Crippen LogP contribution < -0.4 is 0 Å². The largest absolute Gasteiger partial charge is 0.427 e. The first-order valence-corrected chi connectivity index (χ1v) is 10.5. The SMILES string of the molecule is CC.CP(=O)(OC1OC(=O)c2ccccc21)OC1OC(=O)c2ccccc21. The van der Waals surface area contributed by atoms with Gasteiger partial charge in [-0.1, -0.05) is 50.2 Å². The summed E-state index contributed by atoms with van der Waals surface area (Å²) in [6.45, 7) is 5.23. The summed E-state index contributed by atoms with van der Waals surface area (Å²) in [6.07, 6.45) is -2.27. The number of rotatable bonds is 4. The Hall–Kier alpha value is -2.47. The fraction of sp³-hybridized carbons (Fsp3) is 0.263. The van der Waals surface area contributed by atoms with E-state index in [0.717, 1.165) is 0 Å². The van der Waals surface area contributed by atoms with Gasteiger partial charge in [-0.25, -0.2) is 9.59 Å². The molecule has 142 valence electrons. The molecule has 0 aliphatic carbocycles. The van der Waals surface area contributed by atoms with Crippen molar-refractivity contribution in [3.63, 3.8) is 0 Å². The Labute approximate surface area is 156 Å². The maximum Gasteiger partial charge on any atom is 0.341 e. The van der Waals surface area contributed by atoms with Gasteiger partial charge in [0, 0.05) is 17.8 Å². The average Bonchev–Trinajstić information content (AvgIpc) is 3.14. The minimum absolute atomic E-state index is 0.352. The van der Waals surface area contributed by atoms with Crippen LogP contribution in [0.3, 0.4) is 0 Å². The van der Waals surface area contributed by atoms with Crippen LogP contribution in [0.1, 0.15) is 58.3 Å². The number of carbonyl (C=O) groups excluding carboxylic acids is 2. The van der Waals surface area contributed by atoms with E-state index in [1.165, 1.54) is 6.66 Å². The van der Waals surface area contributed by atoms with Crippen LogP contribution in [0.15, 0.2) is 48.5 Å². The normalized spacial score (nSPS) is 21.9. The molecular formula is C19H19O7P. The molecule has 0 saturated carbocycles. The van der Waals surface area contributed by atoms with Crippen LogP contribution in [0.2, 0.25) is 0 Å². The van der Waals surface area contributed by atoms with Crippen molar-refractivity contribution in [2.45, 2.75) is 26.4 Å². The van der Waals surface area contributed by atoms with Crippen molar-refractivity contribution in [1.29, 1.82) is 0 Å². The highest BCUT2D eigenvalue weighted by molar-refractivity contribution is 7.53. The highest BCUT2D eigenvalue weighted by Gasteiger charge is 2.40. The zero-order valence-electron chi connectivity index (χ0n) is 15.1. The van der Waals surface area contributed by atoms with Gasteiger partial charge in [-0.3, -0.25) is 13.6 Å². The van der Waals surface area contributed by atoms with Gasteiger partial charge in [-0.05, 0) is 12.1 Å². The van der Waals surface area contributed by atoms with Gasteiger partial charge in [0.05, 0.1) is 11.1 Å². The van der Waals surface area contributed by atoms with E-state index in [2.05, 4.69) is 0 Å². The van der Waals surface area contributed by atoms with Crippen LogP contribution in [0.5, 0.6) is 0 Å². The lowest BCUT2D eigenvalue weighted by atomic mass is 10.1. The second-order valence-corrected chi connectivity index (χ2v) is 7.60. The van der Waals surface area contributed by atoms with Crippen molar-refractivity contribution in [3.8, 4) is 0 Å². The number of esters is 2. The van der Waals surface area contributed by atoms with Crippen LogP contribution in [-0.4, -0.2) is 18.6 Å². The number of benzene rings is 2. The van der Waals surface area contributed by atoms with Crippen molar-refractivity contribution in [2.75, 3.05) is 6.66 Å². The maximum absolute atomic E-state index is 12.7. The molecule has 2 aromatic carbocycles. The minimum atomic E-state index is -3.71. The van der Waals surface area contributed by atoms with Crippen molar-refractivity contribution in [2.24, 2.45) is 0 Å². The molecule has 8 heteroatoms. The number of fused-ring (bicyclic) bond motifs is 2. The third-order valence-electron chi connectivity index (χ3n) is 3.87. The number of ether oxygens (including phenoxy) is 2. The third-order valence-corrected chi connectivity index (χ3v) is 5.02. The summed E-state index contributed by atoms with van der Waals surface area (Å²) in [5.41, 5.74) is 1.65. The van der Waals surface area contributed by atoms with Crippen molar-refractivity contribution < 1.29 is 32.7 Å². The molecule has 7 nitrogen and oxygen atoms in total. The molecule has 2 heterocycles. The Balaban J connectivity index is 0.00000102. The highest BCUT2D eigenvalue weighted by Crippen LogP contribution is 2.55. The zero-order valence-corrected chi connectivity index (χ0v) is 16.0. The van der Waals surface area contributed by atoms with Crippen LogP contribution in [-0.2, 0) is 23.1 Å². The van der Waals surface area contributed by atoms with E-state index in [-0.39, 0.29) is 0 Å². The van der Waals surface area contributed by atoms with Crippen molar-refractivity contribution in [1.82, 2.24) is 0 Å². The number of hydrogen-bond acceptors (Lipinski definition) is 7. The van der Waals surface area contributed by atoms with Crippen LogP contribution >= 0.6 is 7.60 Å². The molecule has 0 saturated heterocycles. The number of hydrogen-bond donors (Lipinski definition) is 0. The fourth-order valence-electron chi connectivity index (χ4n) is 2.75. The molecule has 2 aliphatic rings. The third kappa shape index (κ3) is 3.81. The first-order valence-electron chi connectivity index (χ1n) is 8.49. The Morgan fingerprint density at radius 2 is 1.15 bits per heavy atom. The summed E-state index contributed by atoms with van der Waals surface area (Å²) in [4.78, 5) is 23.6. The van der Waals surface area contributed by atoms with Gasteiger partial charge >= 0.3 is 19.5 Å². The molecule has 2 unspecified atom stereocenters. The van der Waals surface area contributed by atoms with Crippen molar-refractivity contribution in [3.05, 3.63) is 70.8 Å². The van der Waals surface area contributed by atoms with Crippen LogP contribution in [0, 0.1) is 0 Å². The Kier molecular flexibility index (Phi) is 5.46. The molecular weight excluding hydrogens is 371 g/mol. The first-order chi connectivity index (χ1) is 12.9. The van der Waals surface area contributed by atoms with Gasteiger partial charge in [-0.2, -0.15) is 0 Å². The standard InChI is InChI=1S/C17H13O7P.C2H6/c1-25(20,23-16-12-8-4-2-6-10(12)14(18)21-16)24-17-13-9-5-3-7-11(13)15(19)22-17;1-2/h2-9,16-17H,1H3;1-2H3. The molecule has 0 amide bonds. The topological polar surface area (TPSA) is 88.1 Å². The molecule has 27 heavy (non-hydrogen) atoms. The molecule has 2 aliphatic heterocycles. The van der Waals surface area contributed by atoms with Crippen molar-refractivity contribution >= 4 is 19.5 Å². The van der Waals surface area contributed by atoms with Gasteiger partial charge in [0.15, 0.2) is 0 Å². The second-order valence-electron chi connectivity index (χ2n) is 5.63. The molecule has 0 radical (unpaired) electrons. The summed E-state index contributed by atoms with van der Waals surface area (Å²) in [5.74, 6) is -1.11. The van der Waals surface area contributed by atoms with E-state index in [4.69, 9.17) is 18.5 Å². The summed E-state index contributed by atoms with van der Waals surface area (Å²) >= 11 is 0. The minimum Gasteiger partial charge on any atom is -0.427 e. The van der Waals surface area contributed by atoms with E-state index in [9.17, 15) is 14.2 Å². The molecule has 0 bridgehead atoms. The number of carbonyl (C=O) groups is 2. The second kappa shape index (κ2) is 7.64. The van der Waals surface area contributed by atoms with Gasteiger partial charge in [0.2, 0.25) is 12.6 Å². The monoisotopic (exact) mass is 390 g/mol. The van der Waals surface area contributed by atoms with E-state index >= 15 is 0 Å². The molecule has 2 atom stereocenters. The molecule has 4 rings (SSSR count). The summed E-state index contributed by atoms with van der Waals surface area (Å²) in [5, 5.41) is 0. The Morgan fingerprint density at radius 1 is 0.778 bits per heavy atom. The molecule has 0 N–H and O–H groups in total. The maximum atomic E-state index is 12.7. The Morgan fingerprint density at radius 3 is 1.56 bits per heavy atom. The summed E-state index contributed by atoms with van der Waals surface area (Å²) in [6, 6.07) is 13.3. The molecule has 0 aromatic heterocycles. The zero-order chi connectivity index (χ0) is 19.6. The van der Waals surface area contributed by atoms with Crippen LogP contribution in [0.25, 0.3) is 0 Å². The number of cyclic esters (lactones) is 2. The predicted molar refractivity (Wildman–Crippen MR) is 96.2 cm³/mol. The lowest BCUT2D eigenvalue weighted by Crippen LogP contribution is -2.08. The van der Waals surface area contributed by atoms with E-state index in [1.807, 2.05) is 13.8 Å². The predicted octanol–water partition coefficient (Wildman–Crippen LogP) is 4.61. The quantitative estimate of drug-likeness (QED) is 0.556. The molecule has 0 fully saturated rings. The summed E-state index contributed by atoms with van der Waals surface area (Å²) < 4.78 is 33.7. The smallest absolute Gasteiger partial charge is 0.341 e. The molecule has 0 spiro atoms. The summed E-state index contributed by atoms with van der Waals surface area (Å²) in [7, 11) is -3.71. The fourth-order valence-corrected chi connectivity index (χ4v) is 3.81. The van der Waals surface area contributed by atoms with Crippen LogP contribution in [0.4, 0.5) is 0 Å². The van der Waals surface area contributed by atoms with Gasteiger partial charge in [0.1, 0.15) is 0 Å². The average molecular weight is 390 g/mol. The lowest BCUT2D eigenvalue weighted by molar-refractivity contribution is -0.0743. The van der Waals surface area contributed by atoms with E-state index in [0.29, 0.717) is 22.3 Å².